The van der Waals surface area contributed by atoms with Gasteiger partial charge in [-0.15, -0.1) is 0 Å². The highest BCUT2D eigenvalue weighted by Crippen LogP contribution is 2.19. The highest BCUT2D eigenvalue weighted by molar-refractivity contribution is 5.74. The number of hydrogen-bond donors (Lipinski definition) is 2. The van der Waals surface area contributed by atoms with Gasteiger partial charge in [-0.25, -0.2) is 4.79 Å². The van der Waals surface area contributed by atoms with Crippen LogP contribution in [0.3, 0.4) is 0 Å². The molecule has 1 heterocycles. The van der Waals surface area contributed by atoms with Crippen LogP contribution in [0.5, 0.6) is 0 Å². The Balaban J connectivity index is 2.08. The number of likely N-dealkylation sites (tertiary alicyclic amines) is 1. The van der Waals surface area contributed by atoms with Gasteiger partial charge in [0.05, 0.1) is 0 Å². The number of unbranched alkanes of at least 4 members (excludes halogenated alkanes) is 1. The average Bonchev–Trinajstić information content (AvgIpc) is 2.38. The monoisotopic (exact) mass is 256 g/mol. The number of amides is 2. The minimum absolute atomic E-state index is 0.000113. The van der Waals surface area contributed by atoms with Crippen molar-refractivity contribution in [2.75, 3.05) is 19.6 Å². The average molecular weight is 256 g/mol. The fraction of sp³-hybridized carbons (Fsp3) is 0.846. The number of nitrogens with zero attached hydrogens (tertiary/aromatic N) is 1. The van der Waals surface area contributed by atoms with Crippen molar-refractivity contribution in [3.63, 3.8) is 0 Å². The summed E-state index contributed by atoms with van der Waals surface area (Å²) in [4.78, 5) is 24.0. The molecule has 2 amide bonds. The van der Waals surface area contributed by atoms with E-state index in [0.717, 1.165) is 38.3 Å². The summed E-state index contributed by atoms with van der Waals surface area (Å²) in [5.41, 5.74) is 0. The van der Waals surface area contributed by atoms with E-state index < -0.39 is 5.97 Å². The minimum atomic E-state index is -0.775. The van der Waals surface area contributed by atoms with Gasteiger partial charge < -0.3 is 15.3 Å². The van der Waals surface area contributed by atoms with Crippen LogP contribution in [0.2, 0.25) is 0 Å². The third-order valence-electron chi connectivity index (χ3n) is 3.57. The SMILES string of the molecule is CCC1CCN(C(=O)NCCCCC(=O)O)CC1. The van der Waals surface area contributed by atoms with Crippen LogP contribution < -0.4 is 5.32 Å². The number of rotatable bonds is 6. The van der Waals surface area contributed by atoms with E-state index in [4.69, 9.17) is 5.11 Å². The number of carbonyl (C=O) groups is 2. The molecular formula is C13H24N2O3. The van der Waals surface area contributed by atoms with Gasteiger partial charge in [0.1, 0.15) is 0 Å². The van der Waals surface area contributed by atoms with Crippen molar-refractivity contribution in [2.24, 2.45) is 5.92 Å². The predicted molar refractivity (Wildman–Crippen MR) is 69.5 cm³/mol. The van der Waals surface area contributed by atoms with Crippen molar-refractivity contribution >= 4 is 12.0 Å². The third kappa shape index (κ3) is 5.38. The number of carboxylic acid groups (broad SMARTS) is 1. The molecule has 0 unspecified atom stereocenters. The molecule has 0 saturated carbocycles. The second-order valence-corrected chi connectivity index (χ2v) is 4.92. The van der Waals surface area contributed by atoms with E-state index in [0.29, 0.717) is 13.0 Å². The van der Waals surface area contributed by atoms with E-state index in [1.165, 1.54) is 6.42 Å². The molecule has 0 aromatic carbocycles. The Morgan fingerprint density at radius 2 is 1.94 bits per heavy atom. The molecule has 104 valence electrons. The summed E-state index contributed by atoms with van der Waals surface area (Å²) in [6, 6.07) is -0.000113. The first-order valence-electron chi connectivity index (χ1n) is 6.88. The number of aliphatic carboxylic acids is 1. The van der Waals surface area contributed by atoms with Crippen molar-refractivity contribution in [3.05, 3.63) is 0 Å². The Kier molecular flexibility index (Phi) is 6.54. The molecule has 1 saturated heterocycles. The maximum absolute atomic E-state index is 11.8. The fourth-order valence-corrected chi connectivity index (χ4v) is 2.25. The lowest BCUT2D eigenvalue weighted by molar-refractivity contribution is -0.137. The molecule has 1 rings (SSSR count). The summed E-state index contributed by atoms with van der Waals surface area (Å²) in [6.07, 6.45) is 4.92. The zero-order chi connectivity index (χ0) is 13.4. The van der Waals surface area contributed by atoms with Gasteiger partial charge >= 0.3 is 12.0 Å². The standard InChI is InChI=1S/C13H24N2O3/c1-2-11-6-9-15(10-7-11)13(18)14-8-4-3-5-12(16)17/h11H,2-10H2,1H3,(H,14,18)(H,16,17). The van der Waals surface area contributed by atoms with Gasteiger partial charge in [-0.2, -0.15) is 0 Å². The molecular weight excluding hydrogens is 232 g/mol. The zero-order valence-electron chi connectivity index (χ0n) is 11.2. The van der Waals surface area contributed by atoms with Crippen molar-refractivity contribution < 1.29 is 14.7 Å². The smallest absolute Gasteiger partial charge is 0.317 e. The van der Waals surface area contributed by atoms with E-state index in [1.807, 2.05) is 4.90 Å². The fourth-order valence-electron chi connectivity index (χ4n) is 2.25. The molecule has 1 aliphatic heterocycles. The third-order valence-corrected chi connectivity index (χ3v) is 3.57. The molecule has 0 aromatic rings. The molecule has 0 radical (unpaired) electrons. The summed E-state index contributed by atoms with van der Waals surface area (Å²) in [7, 11) is 0. The van der Waals surface area contributed by atoms with Crippen molar-refractivity contribution in [1.82, 2.24) is 10.2 Å². The maximum atomic E-state index is 11.8. The Morgan fingerprint density at radius 3 is 2.50 bits per heavy atom. The second kappa shape index (κ2) is 7.95. The van der Waals surface area contributed by atoms with E-state index in [-0.39, 0.29) is 12.5 Å². The molecule has 0 bridgehead atoms. The highest BCUT2D eigenvalue weighted by Gasteiger charge is 2.21. The van der Waals surface area contributed by atoms with Crippen LogP contribution >= 0.6 is 0 Å². The number of urea groups is 1. The van der Waals surface area contributed by atoms with Crippen LogP contribution in [0, 0.1) is 5.92 Å². The van der Waals surface area contributed by atoms with Crippen LogP contribution in [-0.4, -0.2) is 41.6 Å². The van der Waals surface area contributed by atoms with Gasteiger partial charge in [-0.05, 0) is 31.6 Å². The summed E-state index contributed by atoms with van der Waals surface area (Å²) in [5, 5.41) is 11.3. The lowest BCUT2D eigenvalue weighted by Gasteiger charge is -2.31. The quantitative estimate of drug-likeness (QED) is 0.715. The molecule has 5 nitrogen and oxygen atoms in total. The van der Waals surface area contributed by atoms with Gasteiger partial charge in [0.25, 0.3) is 0 Å². The Bertz CT molecular complexity index is 273. The first-order valence-corrected chi connectivity index (χ1v) is 6.88. The summed E-state index contributed by atoms with van der Waals surface area (Å²) < 4.78 is 0. The largest absolute Gasteiger partial charge is 0.481 e. The van der Waals surface area contributed by atoms with E-state index >= 15 is 0 Å². The van der Waals surface area contributed by atoms with Gasteiger partial charge in [0, 0.05) is 26.1 Å². The lowest BCUT2D eigenvalue weighted by Crippen LogP contribution is -2.44. The van der Waals surface area contributed by atoms with Crippen LogP contribution in [0.1, 0.15) is 45.4 Å². The van der Waals surface area contributed by atoms with Gasteiger partial charge in [0.2, 0.25) is 0 Å². The van der Waals surface area contributed by atoms with E-state index in [1.54, 1.807) is 0 Å². The maximum Gasteiger partial charge on any atom is 0.317 e. The number of carbonyl (C=O) groups excluding carboxylic acids is 1. The molecule has 0 aliphatic carbocycles. The summed E-state index contributed by atoms with van der Waals surface area (Å²) in [6.45, 7) is 4.46. The summed E-state index contributed by atoms with van der Waals surface area (Å²) in [5.74, 6) is -0.00687. The second-order valence-electron chi connectivity index (χ2n) is 4.92. The molecule has 0 spiro atoms. The van der Waals surface area contributed by atoms with E-state index in [9.17, 15) is 9.59 Å². The van der Waals surface area contributed by atoms with Gasteiger partial charge in [-0.3, -0.25) is 4.79 Å². The van der Waals surface area contributed by atoms with Gasteiger partial charge in [0.15, 0.2) is 0 Å². The number of piperidine rings is 1. The van der Waals surface area contributed by atoms with Crippen molar-refractivity contribution in [3.8, 4) is 0 Å². The molecule has 18 heavy (non-hydrogen) atoms. The van der Waals surface area contributed by atoms with Crippen molar-refractivity contribution in [1.29, 1.82) is 0 Å². The molecule has 1 fully saturated rings. The summed E-state index contributed by atoms with van der Waals surface area (Å²) >= 11 is 0. The van der Waals surface area contributed by atoms with Crippen LogP contribution in [0.4, 0.5) is 4.79 Å². The molecule has 0 atom stereocenters. The molecule has 1 aliphatic rings. The number of hydrogen-bond acceptors (Lipinski definition) is 2. The van der Waals surface area contributed by atoms with Gasteiger partial charge in [-0.1, -0.05) is 13.3 Å². The minimum Gasteiger partial charge on any atom is -0.481 e. The highest BCUT2D eigenvalue weighted by atomic mass is 16.4. The van der Waals surface area contributed by atoms with Crippen LogP contribution in [-0.2, 0) is 4.79 Å². The predicted octanol–water partition coefficient (Wildman–Crippen LogP) is 2.07. The molecule has 5 heteroatoms. The van der Waals surface area contributed by atoms with E-state index in [2.05, 4.69) is 12.2 Å². The Labute approximate surface area is 109 Å². The molecule has 2 N–H and O–H groups in total. The van der Waals surface area contributed by atoms with Crippen LogP contribution in [0.25, 0.3) is 0 Å². The Hall–Kier alpha value is -1.26. The van der Waals surface area contributed by atoms with Crippen LogP contribution in [0.15, 0.2) is 0 Å². The topological polar surface area (TPSA) is 69.6 Å². The first-order chi connectivity index (χ1) is 8.63. The Morgan fingerprint density at radius 1 is 1.28 bits per heavy atom. The first kappa shape index (κ1) is 14.8. The zero-order valence-corrected chi connectivity index (χ0v) is 11.2. The lowest BCUT2D eigenvalue weighted by atomic mass is 9.95. The number of carboxylic acids is 1. The molecule has 0 aromatic heterocycles. The van der Waals surface area contributed by atoms with Crippen molar-refractivity contribution in [2.45, 2.75) is 45.4 Å². The normalized spacial score (nSPS) is 16.6. The number of nitrogens with one attached hydrogen (secondary N) is 1.